The molecule has 1 fully saturated rings. The van der Waals surface area contributed by atoms with Crippen LogP contribution in [0.5, 0.6) is 0 Å². The molecule has 0 radical (unpaired) electrons. The van der Waals surface area contributed by atoms with Gasteiger partial charge >= 0.3 is 0 Å². The van der Waals surface area contributed by atoms with Crippen molar-refractivity contribution in [3.05, 3.63) is 0 Å². The molecular weight excluding hydrogens is 184 g/mol. The van der Waals surface area contributed by atoms with Gasteiger partial charge < -0.3 is 5.32 Å². The highest BCUT2D eigenvalue weighted by Crippen LogP contribution is 2.22. The minimum absolute atomic E-state index is 0.183. The maximum atomic E-state index is 11.8. The van der Waals surface area contributed by atoms with E-state index in [-0.39, 0.29) is 18.0 Å². The van der Waals surface area contributed by atoms with Crippen molar-refractivity contribution < 1.29 is 8.78 Å². The van der Waals surface area contributed by atoms with Crippen LogP contribution in [-0.4, -0.2) is 24.4 Å². The smallest absolute Gasteiger partial charge is 0.250 e. The normalized spacial score (nSPS) is 31.0. The van der Waals surface area contributed by atoms with E-state index in [1.807, 2.05) is 0 Å². The van der Waals surface area contributed by atoms with Crippen LogP contribution in [0.15, 0.2) is 0 Å². The van der Waals surface area contributed by atoms with Crippen LogP contribution in [0.25, 0.3) is 0 Å². The monoisotopic (exact) mass is 197 g/mol. The number of halogens is 3. The van der Waals surface area contributed by atoms with E-state index in [2.05, 4.69) is 5.32 Å². The Morgan fingerprint density at radius 1 is 1.25 bits per heavy atom. The third-order valence-electron chi connectivity index (χ3n) is 2.22. The summed E-state index contributed by atoms with van der Waals surface area (Å²) in [6.45, 7) is -0.183. The van der Waals surface area contributed by atoms with Crippen molar-refractivity contribution >= 4 is 11.6 Å². The third-order valence-corrected chi connectivity index (χ3v) is 2.65. The fourth-order valence-corrected chi connectivity index (χ4v) is 1.76. The van der Waals surface area contributed by atoms with Gasteiger partial charge in [-0.25, -0.2) is 8.78 Å². The van der Waals surface area contributed by atoms with Crippen LogP contribution in [0.3, 0.4) is 0 Å². The second kappa shape index (κ2) is 4.97. The fourth-order valence-electron chi connectivity index (χ4n) is 1.51. The minimum Gasteiger partial charge on any atom is -0.309 e. The molecule has 0 aromatic heterocycles. The van der Waals surface area contributed by atoms with Gasteiger partial charge in [0.25, 0.3) is 6.43 Å². The van der Waals surface area contributed by atoms with E-state index >= 15 is 0 Å². The summed E-state index contributed by atoms with van der Waals surface area (Å²) in [5.74, 6) is 0. The van der Waals surface area contributed by atoms with Gasteiger partial charge in [0.2, 0.25) is 0 Å². The maximum absolute atomic E-state index is 11.8. The van der Waals surface area contributed by atoms with E-state index in [9.17, 15) is 8.78 Å². The zero-order valence-electron chi connectivity index (χ0n) is 6.90. The first-order valence-electron chi connectivity index (χ1n) is 4.34. The highest BCUT2D eigenvalue weighted by Gasteiger charge is 2.19. The molecule has 0 saturated heterocycles. The molecule has 0 spiro atoms. The first kappa shape index (κ1) is 10.2. The van der Waals surface area contributed by atoms with Crippen LogP contribution in [0, 0.1) is 0 Å². The molecule has 1 aliphatic carbocycles. The second-order valence-corrected chi connectivity index (χ2v) is 3.87. The Kier molecular flexibility index (Phi) is 4.22. The largest absolute Gasteiger partial charge is 0.309 e. The molecule has 0 aromatic rings. The van der Waals surface area contributed by atoms with Gasteiger partial charge in [-0.2, -0.15) is 0 Å². The predicted molar refractivity (Wildman–Crippen MR) is 45.9 cm³/mol. The summed E-state index contributed by atoms with van der Waals surface area (Å²) in [5, 5.41) is 3.09. The number of alkyl halides is 3. The zero-order valence-corrected chi connectivity index (χ0v) is 7.66. The Hall–Kier alpha value is 0.110. The summed E-state index contributed by atoms with van der Waals surface area (Å²) < 4.78 is 23.6. The highest BCUT2D eigenvalue weighted by molar-refractivity contribution is 6.20. The first-order chi connectivity index (χ1) is 5.68. The summed E-state index contributed by atoms with van der Waals surface area (Å²) in [4.78, 5) is 0. The van der Waals surface area contributed by atoms with E-state index in [1.165, 1.54) is 0 Å². The molecule has 0 amide bonds. The average Bonchev–Trinajstić information content (AvgIpc) is 2.03. The van der Waals surface area contributed by atoms with E-state index in [0.29, 0.717) is 0 Å². The van der Waals surface area contributed by atoms with Crippen molar-refractivity contribution in [1.29, 1.82) is 0 Å². The summed E-state index contributed by atoms with van der Waals surface area (Å²) >= 11 is 5.87. The predicted octanol–water partition coefficient (Wildman–Crippen LogP) is 2.39. The summed E-state index contributed by atoms with van der Waals surface area (Å²) in [6, 6.07) is 0.258. The lowest BCUT2D eigenvalue weighted by Gasteiger charge is -2.25. The zero-order chi connectivity index (χ0) is 8.97. The van der Waals surface area contributed by atoms with Gasteiger partial charge in [0.1, 0.15) is 0 Å². The fraction of sp³-hybridized carbons (Fsp3) is 1.00. The molecule has 0 bridgehead atoms. The molecule has 0 aliphatic heterocycles. The quantitative estimate of drug-likeness (QED) is 0.686. The summed E-state index contributed by atoms with van der Waals surface area (Å²) in [6.07, 6.45) is 1.52. The number of rotatable bonds is 3. The first-order valence-corrected chi connectivity index (χ1v) is 4.77. The standard InChI is InChI=1S/C8H14ClF2N/c9-6-1-3-7(4-2-6)12-5-8(10)11/h6-8,12H,1-5H2. The lowest BCUT2D eigenvalue weighted by atomic mass is 9.95. The number of hydrogen-bond donors (Lipinski definition) is 1. The van der Waals surface area contributed by atoms with Crippen LogP contribution in [0.2, 0.25) is 0 Å². The van der Waals surface area contributed by atoms with Crippen LogP contribution in [0.4, 0.5) is 8.78 Å². The number of nitrogens with one attached hydrogen (secondary N) is 1. The lowest BCUT2D eigenvalue weighted by molar-refractivity contribution is 0.138. The molecule has 72 valence electrons. The van der Waals surface area contributed by atoms with Gasteiger partial charge in [-0.1, -0.05) is 0 Å². The van der Waals surface area contributed by atoms with E-state index < -0.39 is 6.43 Å². The Bertz CT molecular complexity index is 124. The van der Waals surface area contributed by atoms with E-state index in [4.69, 9.17) is 11.6 Å². The topological polar surface area (TPSA) is 12.0 Å². The Balaban J connectivity index is 2.09. The molecule has 0 unspecified atom stereocenters. The van der Waals surface area contributed by atoms with Crippen molar-refractivity contribution in [2.75, 3.05) is 6.54 Å². The lowest BCUT2D eigenvalue weighted by Crippen LogP contribution is -2.36. The number of hydrogen-bond acceptors (Lipinski definition) is 1. The van der Waals surface area contributed by atoms with Crippen molar-refractivity contribution in [3.8, 4) is 0 Å². The van der Waals surface area contributed by atoms with Gasteiger partial charge in [0.05, 0.1) is 6.54 Å². The van der Waals surface area contributed by atoms with Crippen LogP contribution in [0.1, 0.15) is 25.7 Å². The minimum atomic E-state index is -2.24. The van der Waals surface area contributed by atoms with Gasteiger partial charge in [-0.15, -0.1) is 11.6 Å². The highest BCUT2D eigenvalue weighted by atomic mass is 35.5. The molecular formula is C8H14ClF2N. The molecule has 0 heterocycles. The molecule has 1 rings (SSSR count). The Morgan fingerprint density at radius 2 is 1.83 bits per heavy atom. The van der Waals surface area contributed by atoms with Crippen molar-refractivity contribution in [2.45, 2.75) is 43.5 Å². The molecule has 1 saturated carbocycles. The average molecular weight is 198 g/mol. The van der Waals surface area contributed by atoms with Crippen molar-refractivity contribution in [2.24, 2.45) is 0 Å². The van der Waals surface area contributed by atoms with E-state index in [1.54, 1.807) is 0 Å². The van der Waals surface area contributed by atoms with Gasteiger partial charge in [-0.05, 0) is 25.7 Å². The molecule has 1 N–H and O–H groups in total. The third kappa shape index (κ3) is 3.68. The molecule has 1 nitrogen and oxygen atoms in total. The van der Waals surface area contributed by atoms with Gasteiger partial charge in [0.15, 0.2) is 0 Å². The summed E-state index contributed by atoms with van der Waals surface area (Å²) in [7, 11) is 0. The maximum Gasteiger partial charge on any atom is 0.250 e. The van der Waals surface area contributed by atoms with Crippen LogP contribution in [-0.2, 0) is 0 Å². The molecule has 0 aromatic carbocycles. The van der Waals surface area contributed by atoms with Crippen LogP contribution < -0.4 is 5.32 Å². The van der Waals surface area contributed by atoms with Crippen molar-refractivity contribution in [3.63, 3.8) is 0 Å². The Labute approximate surface area is 76.5 Å². The molecule has 1 aliphatic rings. The SMILES string of the molecule is FC(F)CNC1CCC(Cl)CC1. The Morgan fingerprint density at radius 3 is 2.33 bits per heavy atom. The van der Waals surface area contributed by atoms with Crippen LogP contribution >= 0.6 is 11.6 Å². The second-order valence-electron chi connectivity index (χ2n) is 3.25. The van der Waals surface area contributed by atoms with Crippen molar-refractivity contribution in [1.82, 2.24) is 5.32 Å². The molecule has 4 heteroatoms. The van der Waals surface area contributed by atoms with Gasteiger partial charge in [-0.3, -0.25) is 0 Å². The molecule has 12 heavy (non-hydrogen) atoms. The molecule has 0 atom stereocenters. The van der Waals surface area contributed by atoms with E-state index in [0.717, 1.165) is 25.7 Å². The van der Waals surface area contributed by atoms with Gasteiger partial charge in [0, 0.05) is 11.4 Å². The summed E-state index contributed by atoms with van der Waals surface area (Å²) in [5.41, 5.74) is 0.